The van der Waals surface area contributed by atoms with E-state index in [-0.39, 0.29) is 30.2 Å². The number of carbonyl (C=O) groups is 2. The van der Waals surface area contributed by atoms with Gasteiger partial charge in [0.15, 0.2) is 5.78 Å². The summed E-state index contributed by atoms with van der Waals surface area (Å²) < 4.78 is 48.9. The monoisotopic (exact) mass is 424 g/mol. The highest BCUT2D eigenvalue weighted by Gasteiger charge is 2.38. The number of hydrogen-bond acceptors (Lipinski definition) is 5. The Balaban J connectivity index is 1.75. The van der Waals surface area contributed by atoms with Crippen LogP contribution in [0, 0.1) is 0 Å². The molecule has 162 valence electrons. The number of ether oxygens (including phenoxy) is 1. The first-order valence-electron chi connectivity index (χ1n) is 9.50. The second-order valence-electron chi connectivity index (χ2n) is 8.01. The van der Waals surface area contributed by atoms with Gasteiger partial charge in [-0.2, -0.15) is 13.2 Å². The Morgan fingerprint density at radius 3 is 2.53 bits per heavy atom. The van der Waals surface area contributed by atoms with E-state index in [9.17, 15) is 22.8 Å². The molecule has 1 amide bonds. The molecule has 9 heteroatoms. The van der Waals surface area contributed by atoms with Crippen LogP contribution >= 0.6 is 0 Å². The Kier molecular flexibility index (Phi) is 6.03. The lowest BCUT2D eigenvalue weighted by Gasteiger charge is -2.24. The lowest BCUT2D eigenvalue weighted by molar-refractivity contribution is -0.137. The fourth-order valence-corrected chi connectivity index (χ4v) is 3.57. The topological polar surface area (TPSA) is 72.6 Å². The largest absolute Gasteiger partial charge is 0.416 e. The molecular formula is C21H23F3N2O4. The first-order valence-corrected chi connectivity index (χ1v) is 9.50. The molecule has 1 saturated heterocycles. The normalized spacial score (nSPS) is 17.6. The van der Waals surface area contributed by atoms with Gasteiger partial charge in [-0.05, 0) is 30.7 Å². The fraction of sp³-hybridized carbons (Fsp3) is 0.476. The average molecular weight is 424 g/mol. The molecule has 0 saturated carbocycles. The molecule has 0 N–H and O–H groups in total. The van der Waals surface area contributed by atoms with Crippen molar-refractivity contribution in [1.29, 1.82) is 0 Å². The Bertz CT molecular complexity index is 919. The minimum atomic E-state index is -4.47. The van der Waals surface area contributed by atoms with Gasteiger partial charge < -0.3 is 14.2 Å². The summed E-state index contributed by atoms with van der Waals surface area (Å²) in [5.41, 5.74) is -0.523. The second-order valence-corrected chi connectivity index (χ2v) is 8.01. The molecular weight excluding hydrogens is 401 g/mol. The molecule has 1 atom stereocenters. The van der Waals surface area contributed by atoms with E-state index >= 15 is 0 Å². The summed E-state index contributed by atoms with van der Waals surface area (Å²) in [5.74, 6) is 0.0366. The van der Waals surface area contributed by atoms with Crippen LogP contribution in [0.1, 0.15) is 43.7 Å². The third-order valence-corrected chi connectivity index (χ3v) is 5.14. The molecule has 1 fully saturated rings. The van der Waals surface area contributed by atoms with Crippen LogP contribution in [0.5, 0.6) is 0 Å². The lowest BCUT2D eigenvalue weighted by Crippen LogP contribution is -2.39. The standard InChI is InChI=1S/C21H23F3N2O4/c1-20(2,12-29-3)18-11-14(25-30-18)10-17(27)16-8-9-19(28)26(16)15-6-4-13(5-7-15)21(22,23)24/h4-7,11,16H,8-10,12H2,1-3H3. The van der Waals surface area contributed by atoms with E-state index in [0.29, 0.717) is 24.5 Å². The van der Waals surface area contributed by atoms with E-state index in [0.717, 1.165) is 12.1 Å². The second kappa shape index (κ2) is 8.22. The van der Waals surface area contributed by atoms with Crippen LogP contribution in [-0.2, 0) is 32.3 Å². The van der Waals surface area contributed by atoms with Crippen molar-refractivity contribution >= 4 is 17.4 Å². The Morgan fingerprint density at radius 1 is 1.27 bits per heavy atom. The van der Waals surface area contributed by atoms with Crippen molar-refractivity contribution < 1.29 is 32.0 Å². The van der Waals surface area contributed by atoms with Gasteiger partial charge >= 0.3 is 6.18 Å². The zero-order valence-electron chi connectivity index (χ0n) is 17.0. The maximum absolute atomic E-state index is 12.9. The minimum absolute atomic E-state index is 0.0400. The van der Waals surface area contributed by atoms with Gasteiger partial charge in [0.05, 0.1) is 30.3 Å². The van der Waals surface area contributed by atoms with Crippen LogP contribution in [0.2, 0.25) is 0 Å². The maximum Gasteiger partial charge on any atom is 0.416 e. The van der Waals surface area contributed by atoms with Crippen molar-refractivity contribution in [3.63, 3.8) is 0 Å². The summed E-state index contributed by atoms with van der Waals surface area (Å²) in [6.07, 6.45) is -4.05. The number of halogens is 3. The number of nitrogens with zero attached hydrogens (tertiary/aromatic N) is 2. The van der Waals surface area contributed by atoms with Gasteiger partial charge in [0, 0.05) is 30.7 Å². The highest BCUT2D eigenvalue weighted by atomic mass is 19.4. The van der Waals surface area contributed by atoms with E-state index in [1.54, 1.807) is 13.2 Å². The quantitative estimate of drug-likeness (QED) is 0.674. The molecule has 0 aliphatic carbocycles. The first-order chi connectivity index (χ1) is 14.0. The molecule has 1 unspecified atom stereocenters. The number of ketones is 1. The molecule has 3 rings (SSSR count). The van der Waals surface area contributed by atoms with Crippen molar-refractivity contribution in [2.24, 2.45) is 0 Å². The summed E-state index contributed by atoms with van der Waals surface area (Å²) in [6, 6.07) is 5.19. The summed E-state index contributed by atoms with van der Waals surface area (Å²) in [5, 5.41) is 3.95. The summed E-state index contributed by atoms with van der Waals surface area (Å²) in [7, 11) is 1.58. The van der Waals surface area contributed by atoms with E-state index in [1.807, 2.05) is 13.8 Å². The number of hydrogen-bond donors (Lipinski definition) is 0. The van der Waals surface area contributed by atoms with Gasteiger partial charge in [0.2, 0.25) is 5.91 Å². The summed E-state index contributed by atoms with van der Waals surface area (Å²) >= 11 is 0. The number of alkyl halides is 3. The number of methoxy groups -OCH3 is 1. The molecule has 6 nitrogen and oxygen atoms in total. The number of benzene rings is 1. The van der Waals surface area contributed by atoms with Crippen molar-refractivity contribution in [2.75, 3.05) is 18.6 Å². The number of rotatable bonds is 7. The van der Waals surface area contributed by atoms with E-state index in [4.69, 9.17) is 9.26 Å². The van der Waals surface area contributed by atoms with Gasteiger partial charge in [-0.3, -0.25) is 9.59 Å². The van der Waals surface area contributed by atoms with Crippen LogP contribution < -0.4 is 4.90 Å². The summed E-state index contributed by atoms with van der Waals surface area (Å²) in [4.78, 5) is 26.5. The smallest absolute Gasteiger partial charge is 0.384 e. The Morgan fingerprint density at radius 2 is 1.93 bits per heavy atom. The maximum atomic E-state index is 12.9. The fourth-order valence-electron chi connectivity index (χ4n) is 3.57. The van der Waals surface area contributed by atoms with Crippen LogP contribution in [0.15, 0.2) is 34.9 Å². The molecule has 30 heavy (non-hydrogen) atoms. The number of carbonyl (C=O) groups excluding carboxylic acids is 2. The lowest BCUT2D eigenvalue weighted by atomic mass is 9.91. The highest BCUT2D eigenvalue weighted by molar-refractivity contribution is 6.04. The third kappa shape index (κ3) is 4.56. The number of amides is 1. The molecule has 1 aliphatic rings. The van der Waals surface area contributed by atoms with Gasteiger partial charge in [-0.25, -0.2) is 0 Å². The van der Waals surface area contributed by atoms with Gasteiger partial charge in [0.25, 0.3) is 0 Å². The molecule has 1 aromatic heterocycles. The predicted octanol–water partition coefficient (Wildman–Crippen LogP) is 3.92. The van der Waals surface area contributed by atoms with Crippen molar-refractivity contribution in [3.8, 4) is 0 Å². The molecule has 2 aromatic rings. The predicted molar refractivity (Wildman–Crippen MR) is 102 cm³/mol. The average Bonchev–Trinajstić information content (AvgIpc) is 3.28. The Hall–Kier alpha value is -2.68. The zero-order chi connectivity index (χ0) is 22.1. The zero-order valence-corrected chi connectivity index (χ0v) is 17.0. The van der Waals surface area contributed by atoms with E-state index in [1.165, 1.54) is 17.0 Å². The van der Waals surface area contributed by atoms with Crippen LogP contribution in [0.4, 0.5) is 18.9 Å². The van der Waals surface area contributed by atoms with E-state index < -0.39 is 23.2 Å². The molecule has 2 heterocycles. The van der Waals surface area contributed by atoms with Crippen molar-refractivity contribution in [3.05, 3.63) is 47.3 Å². The number of Topliss-reactive ketones (excluding diaryl/α,β-unsaturated/α-hetero) is 1. The minimum Gasteiger partial charge on any atom is -0.384 e. The first kappa shape index (κ1) is 22.0. The SMILES string of the molecule is COCC(C)(C)c1cc(CC(=O)C2CCC(=O)N2c2ccc(C(F)(F)F)cc2)no1. The van der Waals surface area contributed by atoms with E-state index in [2.05, 4.69) is 5.16 Å². The third-order valence-electron chi connectivity index (χ3n) is 5.14. The molecule has 0 radical (unpaired) electrons. The molecule has 1 aliphatic heterocycles. The van der Waals surface area contributed by atoms with Gasteiger partial charge in [0.1, 0.15) is 5.76 Å². The van der Waals surface area contributed by atoms with Gasteiger partial charge in [-0.15, -0.1) is 0 Å². The number of aromatic nitrogens is 1. The van der Waals surface area contributed by atoms with Gasteiger partial charge in [-0.1, -0.05) is 19.0 Å². The molecule has 1 aromatic carbocycles. The number of anilines is 1. The summed E-state index contributed by atoms with van der Waals surface area (Å²) in [6.45, 7) is 4.25. The van der Waals surface area contributed by atoms with Crippen molar-refractivity contribution in [2.45, 2.75) is 50.7 Å². The van der Waals surface area contributed by atoms with Crippen LogP contribution in [0.3, 0.4) is 0 Å². The van der Waals surface area contributed by atoms with Crippen LogP contribution in [0.25, 0.3) is 0 Å². The van der Waals surface area contributed by atoms with Crippen molar-refractivity contribution in [1.82, 2.24) is 5.16 Å². The molecule has 0 spiro atoms. The molecule has 0 bridgehead atoms. The van der Waals surface area contributed by atoms with Crippen LogP contribution in [-0.4, -0.2) is 36.6 Å². The highest BCUT2D eigenvalue weighted by Crippen LogP contribution is 2.33. The Labute approximate surface area is 172 Å².